The van der Waals surface area contributed by atoms with E-state index in [1.54, 1.807) is 0 Å². The molecule has 0 unspecified atom stereocenters. The Morgan fingerprint density at radius 1 is 1.23 bits per heavy atom. The maximum Gasteiger partial charge on any atom is 0.257 e. The van der Waals surface area contributed by atoms with Crippen LogP contribution < -0.4 is 15.5 Å². The minimum atomic E-state index is -0.407. The molecule has 3 aromatic rings. The third-order valence-electron chi connectivity index (χ3n) is 2.91. The molecule has 0 aliphatic rings. The van der Waals surface area contributed by atoms with Crippen molar-refractivity contribution < 1.29 is 14.3 Å². The van der Waals surface area contributed by atoms with Crippen LogP contribution in [0.4, 0.5) is 5.69 Å². The number of para-hydroxylation sites is 1. The summed E-state index contributed by atoms with van der Waals surface area (Å²) < 4.78 is 4.45. The summed E-state index contributed by atoms with van der Waals surface area (Å²) in [6, 6.07) is 13.6. The normalized spacial score (nSPS) is 10.4. The molecular weight excluding hydrogens is 304 g/mol. The van der Waals surface area contributed by atoms with Crippen molar-refractivity contribution in [2.45, 2.75) is 0 Å². The molecule has 0 radical (unpaired) electrons. The average Bonchev–Trinajstić information content (AvgIpc) is 2.89. The molecule has 0 bridgehead atoms. The van der Waals surface area contributed by atoms with Gasteiger partial charge in [-0.15, -0.1) is 0 Å². The largest absolute Gasteiger partial charge is 0.359 e. The number of thiocarbonyl (C=S) groups is 1. The molecule has 8 heteroatoms. The highest BCUT2D eigenvalue weighted by Gasteiger charge is 2.14. The zero-order valence-corrected chi connectivity index (χ0v) is 12.0. The topological polar surface area (TPSA) is 94.1 Å². The molecule has 22 heavy (non-hydrogen) atoms. The zero-order chi connectivity index (χ0) is 15.5. The van der Waals surface area contributed by atoms with E-state index in [9.17, 15) is 10.0 Å². The van der Waals surface area contributed by atoms with Crippen LogP contribution in [0.5, 0.6) is 0 Å². The quantitative estimate of drug-likeness (QED) is 0.551. The molecule has 2 N–H and O–H groups in total. The molecule has 0 saturated heterocycles. The van der Waals surface area contributed by atoms with Crippen molar-refractivity contribution >= 4 is 40.0 Å². The third kappa shape index (κ3) is 2.86. The summed E-state index contributed by atoms with van der Waals surface area (Å²) in [4.78, 5) is 12.4. The molecule has 0 atom stereocenters. The molecule has 1 heterocycles. The number of carbonyl (C=O) groups excluding carboxylic acids is 1. The van der Waals surface area contributed by atoms with Crippen molar-refractivity contribution in [2.75, 3.05) is 5.32 Å². The van der Waals surface area contributed by atoms with Gasteiger partial charge in [0.2, 0.25) is 11.0 Å². The van der Waals surface area contributed by atoms with Crippen molar-refractivity contribution in [2.24, 2.45) is 0 Å². The number of carbonyl (C=O) groups is 1. The Hall–Kier alpha value is -3.00. The van der Waals surface area contributed by atoms with Crippen LogP contribution in [0.1, 0.15) is 10.4 Å². The second-order valence-corrected chi connectivity index (χ2v) is 4.82. The molecule has 0 aliphatic heterocycles. The molecule has 110 valence electrons. The molecule has 3 rings (SSSR count). The van der Waals surface area contributed by atoms with Gasteiger partial charge in [-0.25, -0.2) is 0 Å². The Morgan fingerprint density at radius 3 is 2.77 bits per heavy atom. The fourth-order valence-electron chi connectivity index (χ4n) is 1.88. The lowest BCUT2D eigenvalue weighted by molar-refractivity contribution is -0.782. The maximum absolute atomic E-state index is 12.1. The summed E-state index contributed by atoms with van der Waals surface area (Å²) >= 11 is 5.08. The summed E-state index contributed by atoms with van der Waals surface area (Å²) in [5, 5.41) is 20.4. The van der Waals surface area contributed by atoms with Crippen molar-refractivity contribution in [3.05, 3.63) is 59.3 Å². The molecule has 0 spiro atoms. The van der Waals surface area contributed by atoms with Crippen LogP contribution in [0.2, 0.25) is 0 Å². The summed E-state index contributed by atoms with van der Waals surface area (Å²) in [5.74, 6) is -0.407. The molecule has 1 amide bonds. The summed E-state index contributed by atoms with van der Waals surface area (Å²) in [7, 11) is 0. The zero-order valence-electron chi connectivity index (χ0n) is 11.1. The second kappa shape index (κ2) is 5.78. The number of anilines is 1. The van der Waals surface area contributed by atoms with Crippen LogP contribution in [0.3, 0.4) is 0 Å². The first kappa shape index (κ1) is 14.0. The highest BCUT2D eigenvalue weighted by atomic mass is 32.1. The Kier molecular flexibility index (Phi) is 3.67. The van der Waals surface area contributed by atoms with Gasteiger partial charge in [0, 0.05) is 22.5 Å². The number of aromatic nitrogens is 2. The fraction of sp³-hybridized carbons (Fsp3) is 0. The molecule has 7 nitrogen and oxygen atoms in total. The van der Waals surface area contributed by atoms with E-state index in [1.807, 2.05) is 30.3 Å². The molecule has 1 aromatic heterocycles. The van der Waals surface area contributed by atoms with Crippen molar-refractivity contribution in [1.82, 2.24) is 10.5 Å². The van der Waals surface area contributed by atoms with Gasteiger partial charge in [-0.1, -0.05) is 18.2 Å². The number of fused-ring (bicyclic) bond motifs is 1. The van der Waals surface area contributed by atoms with Gasteiger partial charge in [0.15, 0.2) is 5.11 Å². The van der Waals surface area contributed by atoms with Gasteiger partial charge in [0.05, 0.1) is 0 Å². The number of amides is 1. The Bertz CT molecular complexity index is 848. The second-order valence-electron chi connectivity index (χ2n) is 4.41. The van der Waals surface area contributed by atoms with Crippen LogP contribution in [0.15, 0.2) is 53.2 Å². The van der Waals surface area contributed by atoms with Crippen LogP contribution in [-0.4, -0.2) is 16.2 Å². The number of hydrogen-bond acceptors (Lipinski definition) is 5. The van der Waals surface area contributed by atoms with Gasteiger partial charge in [0.1, 0.15) is 0 Å². The van der Waals surface area contributed by atoms with Crippen LogP contribution >= 0.6 is 12.2 Å². The first-order valence-electron chi connectivity index (χ1n) is 6.30. The van der Waals surface area contributed by atoms with Gasteiger partial charge in [0.25, 0.3) is 5.91 Å². The van der Waals surface area contributed by atoms with E-state index in [-0.39, 0.29) is 15.5 Å². The molecule has 2 aromatic carbocycles. The average molecular weight is 314 g/mol. The molecule has 0 fully saturated rings. The van der Waals surface area contributed by atoms with Gasteiger partial charge in [-0.3, -0.25) is 14.7 Å². The summed E-state index contributed by atoms with van der Waals surface area (Å²) in [6.45, 7) is 0. The van der Waals surface area contributed by atoms with E-state index < -0.39 is 5.91 Å². The van der Waals surface area contributed by atoms with E-state index in [2.05, 4.69) is 20.4 Å². The monoisotopic (exact) mass is 314 g/mol. The van der Waals surface area contributed by atoms with E-state index >= 15 is 0 Å². The fourth-order valence-corrected chi connectivity index (χ4v) is 2.09. The van der Waals surface area contributed by atoms with E-state index in [4.69, 9.17) is 12.2 Å². The van der Waals surface area contributed by atoms with Crippen molar-refractivity contribution in [3.8, 4) is 0 Å². The highest BCUT2D eigenvalue weighted by molar-refractivity contribution is 7.80. The number of nitrogens with zero attached hydrogens (tertiary/aromatic N) is 2. The van der Waals surface area contributed by atoms with Crippen LogP contribution in [-0.2, 0) is 0 Å². The molecule has 0 saturated carbocycles. The first-order valence-corrected chi connectivity index (χ1v) is 6.71. The van der Waals surface area contributed by atoms with E-state index in [0.717, 1.165) is 5.69 Å². The van der Waals surface area contributed by atoms with E-state index in [1.165, 1.54) is 18.2 Å². The first-order chi connectivity index (χ1) is 10.6. The Labute approximate surface area is 130 Å². The van der Waals surface area contributed by atoms with Gasteiger partial charge in [-0.05, 0) is 41.4 Å². The number of rotatable bonds is 2. The predicted molar refractivity (Wildman–Crippen MR) is 83.1 cm³/mol. The standard InChI is InChI=1S/C14H10N4O3S/c19-13(16-14(22)15-10-4-2-1-3-5-10)9-6-7-12-11(8-9)17-21-18(12)20/h1-8H,(H2,15,16,19,22). The minimum absolute atomic E-state index is 0.176. The lowest BCUT2D eigenvalue weighted by atomic mass is 10.2. The van der Waals surface area contributed by atoms with Crippen LogP contribution in [0, 0.1) is 5.21 Å². The number of benzene rings is 2. The summed E-state index contributed by atoms with van der Waals surface area (Å²) in [6.07, 6.45) is 0. The Morgan fingerprint density at radius 2 is 2.00 bits per heavy atom. The van der Waals surface area contributed by atoms with Crippen molar-refractivity contribution in [3.63, 3.8) is 0 Å². The highest BCUT2D eigenvalue weighted by Crippen LogP contribution is 2.10. The van der Waals surface area contributed by atoms with Gasteiger partial charge < -0.3 is 10.5 Å². The van der Waals surface area contributed by atoms with Gasteiger partial charge >= 0.3 is 0 Å². The maximum atomic E-state index is 12.1. The van der Waals surface area contributed by atoms with E-state index in [0.29, 0.717) is 11.1 Å². The predicted octanol–water partition coefficient (Wildman–Crippen LogP) is 1.59. The smallest absolute Gasteiger partial charge is 0.257 e. The summed E-state index contributed by atoms with van der Waals surface area (Å²) in [5.41, 5.74) is 1.64. The number of hydrogen-bond donors (Lipinski definition) is 2. The lowest BCUT2D eigenvalue weighted by Crippen LogP contribution is -2.34. The lowest BCUT2D eigenvalue weighted by Gasteiger charge is -2.09. The SMILES string of the molecule is O=C(NC(=S)Nc1ccccc1)c1ccc2c(c1)no[n+]2[O-]. The third-order valence-corrected chi connectivity index (χ3v) is 3.11. The Balaban J connectivity index is 1.71. The van der Waals surface area contributed by atoms with Crippen LogP contribution in [0.25, 0.3) is 11.0 Å². The molecule has 0 aliphatic carbocycles. The molecular formula is C14H10N4O3S. The van der Waals surface area contributed by atoms with Gasteiger partial charge in [-0.2, -0.15) is 0 Å². The minimum Gasteiger partial charge on any atom is -0.359 e. The number of nitrogens with one attached hydrogen (secondary N) is 2. The van der Waals surface area contributed by atoms with Crippen molar-refractivity contribution in [1.29, 1.82) is 0 Å².